The molecule has 1 aromatic heterocycles. The molecule has 7 heteroatoms. The number of rotatable bonds is 8. The van der Waals surface area contributed by atoms with Crippen molar-refractivity contribution in [3.8, 4) is 0 Å². The fraction of sp³-hybridized carbons (Fsp3) is 0.346. The third kappa shape index (κ3) is 4.62. The average molecular weight is 448 g/mol. The van der Waals surface area contributed by atoms with E-state index in [0.717, 1.165) is 22.0 Å². The summed E-state index contributed by atoms with van der Waals surface area (Å²) in [4.78, 5) is 43.9. The topological polar surface area (TPSA) is 91.5 Å². The SMILES string of the molecule is COC(=O)[C@@H](Cc1c[nH]c2ccccc12)NC(=O)[C@H](CC(C)C)N1Cc2ccccc2C1=O. The summed E-state index contributed by atoms with van der Waals surface area (Å²) >= 11 is 0. The van der Waals surface area contributed by atoms with Crippen LogP contribution in [0.25, 0.3) is 10.9 Å². The Balaban J connectivity index is 1.57. The second-order valence-corrected chi connectivity index (χ2v) is 8.88. The number of para-hydroxylation sites is 1. The molecule has 2 aromatic carbocycles. The highest BCUT2D eigenvalue weighted by Crippen LogP contribution is 2.27. The number of H-pyrrole nitrogens is 1. The van der Waals surface area contributed by atoms with Gasteiger partial charge in [-0.15, -0.1) is 0 Å². The standard InChI is InChI=1S/C26H29N3O4/c1-16(2)12-23(29-15-17-8-4-5-10-20(17)25(29)31)24(30)28-22(26(32)33-3)13-18-14-27-21-11-7-6-9-19(18)21/h4-11,14,16,22-23,27H,12-13,15H2,1-3H3,(H,28,30)/t22-,23+/m1/s1. The molecule has 2 amide bonds. The first-order valence-corrected chi connectivity index (χ1v) is 11.2. The molecule has 2 N–H and O–H groups in total. The van der Waals surface area contributed by atoms with Crippen LogP contribution in [0.15, 0.2) is 54.7 Å². The number of nitrogens with zero attached hydrogens (tertiary/aromatic N) is 1. The zero-order valence-electron chi connectivity index (χ0n) is 19.1. The number of aromatic nitrogens is 1. The number of ether oxygens (including phenoxy) is 1. The number of methoxy groups -OCH3 is 1. The van der Waals surface area contributed by atoms with Crippen molar-refractivity contribution < 1.29 is 19.1 Å². The van der Waals surface area contributed by atoms with Gasteiger partial charge in [0, 0.05) is 35.6 Å². The van der Waals surface area contributed by atoms with E-state index < -0.39 is 18.1 Å². The van der Waals surface area contributed by atoms with Crippen LogP contribution in [0.5, 0.6) is 0 Å². The third-order valence-electron chi connectivity index (χ3n) is 6.12. The van der Waals surface area contributed by atoms with E-state index in [9.17, 15) is 14.4 Å². The second kappa shape index (κ2) is 9.48. The predicted octanol–water partition coefficient (Wildman–Crippen LogP) is 3.44. The van der Waals surface area contributed by atoms with Gasteiger partial charge in [-0.1, -0.05) is 50.2 Å². The first-order valence-electron chi connectivity index (χ1n) is 11.2. The summed E-state index contributed by atoms with van der Waals surface area (Å²) < 4.78 is 4.99. The van der Waals surface area contributed by atoms with Gasteiger partial charge in [0.25, 0.3) is 5.91 Å². The highest BCUT2D eigenvalue weighted by atomic mass is 16.5. The van der Waals surface area contributed by atoms with Crippen LogP contribution in [0, 0.1) is 5.92 Å². The zero-order chi connectivity index (χ0) is 23.5. The third-order valence-corrected chi connectivity index (χ3v) is 6.12. The van der Waals surface area contributed by atoms with Crippen LogP contribution in [0.2, 0.25) is 0 Å². The lowest BCUT2D eigenvalue weighted by Gasteiger charge is -2.29. The quantitative estimate of drug-likeness (QED) is 0.518. The summed E-state index contributed by atoms with van der Waals surface area (Å²) in [6, 6.07) is 13.7. The van der Waals surface area contributed by atoms with Crippen LogP contribution in [0.3, 0.4) is 0 Å². The Bertz CT molecular complexity index is 1180. The highest BCUT2D eigenvalue weighted by Gasteiger charge is 2.38. The van der Waals surface area contributed by atoms with Gasteiger partial charge in [-0.3, -0.25) is 9.59 Å². The van der Waals surface area contributed by atoms with E-state index in [2.05, 4.69) is 10.3 Å². The lowest BCUT2D eigenvalue weighted by molar-refractivity contribution is -0.145. The average Bonchev–Trinajstić information content (AvgIpc) is 3.37. The smallest absolute Gasteiger partial charge is 0.328 e. The van der Waals surface area contributed by atoms with E-state index in [0.29, 0.717) is 18.5 Å². The van der Waals surface area contributed by atoms with Gasteiger partial charge in [0.05, 0.1) is 7.11 Å². The second-order valence-electron chi connectivity index (χ2n) is 8.88. The molecule has 7 nitrogen and oxygen atoms in total. The first kappa shape index (κ1) is 22.6. The molecule has 2 heterocycles. The van der Waals surface area contributed by atoms with Gasteiger partial charge in [0.2, 0.25) is 5.91 Å². The van der Waals surface area contributed by atoms with E-state index in [1.54, 1.807) is 11.0 Å². The van der Waals surface area contributed by atoms with E-state index in [-0.39, 0.29) is 24.2 Å². The van der Waals surface area contributed by atoms with Crippen molar-refractivity contribution in [2.75, 3.05) is 7.11 Å². The Morgan fingerprint density at radius 1 is 1.12 bits per heavy atom. The minimum Gasteiger partial charge on any atom is -0.467 e. The fourth-order valence-electron chi connectivity index (χ4n) is 4.47. The summed E-state index contributed by atoms with van der Waals surface area (Å²) in [7, 11) is 1.31. The van der Waals surface area contributed by atoms with Crippen molar-refractivity contribution >= 4 is 28.7 Å². The van der Waals surface area contributed by atoms with Gasteiger partial charge in [0.1, 0.15) is 12.1 Å². The van der Waals surface area contributed by atoms with Crippen molar-refractivity contribution in [1.29, 1.82) is 0 Å². The molecule has 0 aliphatic carbocycles. The minimum absolute atomic E-state index is 0.155. The number of nitrogens with one attached hydrogen (secondary N) is 2. The van der Waals surface area contributed by atoms with Crippen LogP contribution in [0.1, 0.15) is 41.8 Å². The Hall–Kier alpha value is -3.61. The van der Waals surface area contributed by atoms with E-state index in [4.69, 9.17) is 4.74 Å². The van der Waals surface area contributed by atoms with Crippen LogP contribution in [0.4, 0.5) is 0 Å². The maximum atomic E-state index is 13.5. The van der Waals surface area contributed by atoms with Gasteiger partial charge in [0.15, 0.2) is 0 Å². The van der Waals surface area contributed by atoms with Crippen LogP contribution >= 0.6 is 0 Å². The number of fused-ring (bicyclic) bond motifs is 2. The van der Waals surface area contributed by atoms with Crippen LogP contribution in [-0.4, -0.2) is 46.9 Å². The molecule has 3 aromatic rings. The Labute approximate surface area is 193 Å². The van der Waals surface area contributed by atoms with Crippen molar-refractivity contribution in [3.63, 3.8) is 0 Å². The van der Waals surface area contributed by atoms with Gasteiger partial charge in [-0.2, -0.15) is 0 Å². The van der Waals surface area contributed by atoms with E-state index in [1.165, 1.54) is 7.11 Å². The van der Waals surface area contributed by atoms with Crippen molar-refractivity contribution in [3.05, 3.63) is 71.4 Å². The number of hydrogen-bond acceptors (Lipinski definition) is 4. The summed E-state index contributed by atoms with van der Waals surface area (Å²) in [5.74, 6) is -0.840. The maximum Gasteiger partial charge on any atom is 0.328 e. The summed E-state index contributed by atoms with van der Waals surface area (Å²) in [6.45, 7) is 4.40. The van der Waals surface area contributed by atoms with Crippen molar-refractivity contribution in [2.24, 2.45) is 5.92 Å². The molecule has 0 unspecified atom stereocenters. The van der Waals surface area contributed by atoms with Gasteiger partial charge < -0.3 is 19.9 Å². The number of benzene rings is 2. The lowest BCUT2D eigenvalue weighted by Crippen LogP contribution is -2.53. The lowest BCUT2D eigenvalue weighted by atomic mass is 10.00. The number of amides is 2. The fourth-order valence-corrected chi connectivity index (χ4v) is 4.47. The Morgan fingerprint density at radius 2 is 1.85 bits per heavy atom. The molecule has 0 radical (unpaired) electrons. The zero-order valence-corrected chi connectivity index (χ0v) is 19.1. The van der Waals surface area contributed by atoms with E-state index in [1.807, 2.05) is 62.5 Å². The minimum atomic E-state index is -0.864. The molecule has 0 bridgehead atoms. The molecule has 0 fully saturated rings. The van der Waals surface area contributed by atoms with Crippen LogP contribution < -0.4 is 5.32 Å². The molecular weight excluding hydrogens is 418 g/mol. The molecule has 2 atom stereocenters. The number of hydrogen-bond donors (Lipinski definition) is 2. The predicted molar refractivity (Wildman–Crippen MR) is 126 cm³/mol. The molecule has 0 spiro atoms. The van der Waals surface area contributed by atoms with Gasteiger partial charge in [-0.25, -0.2) is 4.79 Å². The molecule has 1 aliphatic heterocycles. The summed E-state index contributed by atoms with van der Waals surface area (Å²) in [6.07, 6.45) is 2.62. The van der Waals surface area contributed by atoms with Crippen LogP contribution in [-0.2, 0) is 27.3 Å². The number of aromatic amines is 1. The molecule has 1 aliphatic rings. The van der Waals surface area contributed by atoms with Gasteiger partial charge in [-0.05, 0) is 35.6 Å². The van der Waals surface area contributed by atoms with Crippen molar-refractivity contribution in [2.45, 2.75) is 45.3 Å². The molecule has 4 rings (SSSR count). The largest absolute Gasteiger partial charge is 0.467 e. The monoisotopic (exact) mass is 447 g/mol. The summed E-state index contributed by atoms with van der Waals surface area (Å²) in [5.41, 5.74) is 3.40. The Morgan fingerprint density at radius 3 is 2.58 bits per heavy atom. The molecule has 33 heavy (non-hydrogen) atoms. The first-order chi connectivity index (χ1) is 15.9. The Kier molecular flexibility index (Phi) is 6.49. The maximum absolute atomic E-state index is 13.5. The summed E-state index contributed by atoms with van der Waals surface area (Å²) in [5, 5.41) is 3.87. The molecular formula is C26H29N3O4. The molecule has 0 saturated heterocycles. The highest BCUT2D eigenvalue weighted by molar-refractivity contribution is 6.01. The number of esters is 1. The normalized spacial score (nSPS) is 14.9. The van der Waals surface area contributed by atoms with E-state index >= 15 is 0 Å². The number of carbonyl (C=O) groups excluding carboxylic acids is 3. The molecule has 172 valence electrons. The van der Waals surface area contributed by atoms with Gasteiger partial charge >= 0.3 is 5.97 Å². The molecule has 0 saturated carbocycles. The van der Waals surface area contributed by atoms with Crippen molar-refractivity contribution in [1.82, 2.24) is 15.2 Å². The number of carbonyl (C=O) groups is 3.